The molecule has 2 aromatic rings. The van der Waals surface area contributed by atoms with Crippen molar-refractivity contribution in [2.45, 2.75) is 38.7 Å². The number of ketones is 1. The molecule has 0 fully saturated rings. The molecule has 2 aliphatic rings. The Morgan fingerprint density at radius 1 is 1.14 bits per heavy atom. The molecule has 0 saturated carbocycles. The van der Waals surface area contributed by atoms with Crippen molar-refractivity contribution in [3.63, 3.8) is 0 Å². The average Bonchev–Trinajstić information content (AvgIpc) is 2.71. The summed E-state index contributed by atoms with van der Waals surface area (Å²) in [5.41, 5.74) is 2.99. The van der Waals surface area contributed by atoms with E-state index in [9.17, 15) is 4.79 Å². The number of carbonyl (C=O) groups is 1. The lowest BCUT2D eigenvalue weighted by Gasteiger charge is -2.31. The zero-order valence-electron chi connectivity index (χ0n) is 17.3. The van der Waals surface area contributed by atoms with Gasteiger partial charge in [0.05, 0.1) is 18.6 Å². The number of benzene rings is 2. The zero-order chi connectivity index (χ0) is 20.3. The topological polar surface area (TPSA) is 38.8 Å². The first-order chi connectivity index (χ1) is 14.0. The monoisotopic (exact) mass is 391 g/mol. The van der Waals surface area contributed by atoms with Gasteiger partial charge in [0.25, 0.3) is 0 Å². The van der Waals surface area contributed by atoms with Crippen molar-refractivity contribution < 1.29 is 14.3 Å². The fourth-order valence-corrected chi connectivity index (χ4v) is 4.03. The minimum atomic E-state index is -0.455. The molecule has 0 atom stereocenters. The summed E-state index contributed by atoms with van der Waals surface area (Å²) in [6.07, 6.45) is 4.82. The molecule has 2 heterocycles. The van der Waals surface area contributed by atoms with Gasteiger partial charge in [0.1, 0.15) is 17.1 Å². The molecular weight excluding hydrogens is 362 g/mol. The number of fused-ring (bicyclic) bond motifs is 1. The quantitative estimate of drug-likeness (QED) is 0.651. The molecular formula is C25H29NO3. The number of carbonyl (C=O) groups excluding carboxylic acids is 1. The zero-order valence-corrected chi connectivity index (χ0v) is 17.3. The highest BCUT2D eigenvalue weighted by Gasteiger charge is 2.32. The second kappa shape index (κ2) is 8.42. The Morgan fingerprint density at radius 2 is 1.97 bits per heavy atom. The van der Waals surface area contributed by atoms with E-state index in [-0.39, 0.29) is 5.78 Å². The fourth-order valence-electron chi connectivity index (χ4n) is 4.03. The van der Waals surface area contributed by atoms with E-state index in [0.717, 1.165) is 38.2 Å². The predicted molar refractivity (Wildman–Crippen MR) is 116 cm³/mol. The molecule has 0 aliphatic carbocycles. The summed E-state index contributed by atoms with van der Waals surface area (Å²) in [5.74, 6) is 1.54. The van der Waals surface area contributed by atoms with Crippen LogP contribution in [-0.2, 0) is 0 Å². The van der Waals surface area contributed by atoms with Crippen LogP contribution in [0.25, 0.3) is 5.57 Å². The number of ether oxygens (including phenoxy) is 2. The average molecular weight is 392 g/mol. The van der Waals surface area contributed by atoms with Gasteiger partial charge >= 0.3 is 0 Å². The van der Waals surface area contributed by atoms with E-state index in [1.54, 1.807) is 0 Å². The molecule has 0 unspecified atom stereocenters. The maximum atomic E-state index is 12.2. The molecule has 29 heavy (non-hydrogen) atoms. The van der Waals surface area contributed by atoms with E-state index in [4.69, 9.17) is 9.47 Å². The first kappa shape index (κ1) is 19.7. The van der Waals surface area contributed by atoms with Crippen LogP contribution in [0.2, 0.25) is 0 Å². The van der Waals surface area contributed by atoms with Crippen molar-refractivity contribution >= 4 is 11.4 Å². The SMILES string of the molecule is CC1(C)CC(=O)c2ccc(OCCCN3CC=C(c4ccccc4)CC3)cc2O1. The van der Waals surface area contributed by atoms with Crippen LogP contribution in [0, 0.1) is 0 Å². The lowest BCUT2D eigenvalue weighted by molar-refractivity contribution is 0.0618. The molecule has 0 amide bonds. The lowest BCUT2D eigenvalue weighted by Crippen LogP contribution is -2.35. The van der Waals surface area contributed by atoms with Gasteiger partial charge in [-0.05, 0) is 50.0 Å². The Labute approximate surface area is 173 Å². The van der Waals surface area contributed by atoms with Gasteiger partial charge in [0.15, 0.2) is 5.78 Å². The summed E-state index contributed by atoms with van der Waals surface area (Å²) in [6.45, 7) is 7.64. The minimum absolute atomic E-state index is 0.135. The third kappa shape index (κ3) is 4.88. The van der Waals surface area contributed by atoms with Crippen molar-refractivity contribution in [2.75, 3.05) is 26.2 Å². The molecule has 4 nitrogen and oxygen atoms in total. The van der Waals surface area contributed by atoms with E-state index in [1.165, 1.54) is 11.1 Å². The molecule has 4 heteroatoms. The van der Waals surface area contributed by atoms with Crippen LogP contribution in [-0.4, -0.2) is 42.5 Å². The van der Waals surface area contributed by atoms with Gasteiger partial charge in [-0.15, -0.1) is 0 Å². The van der Waals surface area contributed by atoms with Gasteiger partial charge in [-0.25, -0.2) is 0 Å². The van der Waals surface area contributed by atoms with Crippen LogP contribution >= 0.6 is 0 Å². The van der Waals surface area contributed by atoms with E-state index in [1.807, 2.05) is 32.0 Å². The highest BCUT2D eigenvalue weighted by molar-refractivity contribution is 6.00. The summed E-state index contributed by atoms with van der Waals surface area (Å²) < 4.78 is 11.9. The summed E-state index contributed by atoms with van der Waals surface area (Å²) in [7, 11) is 0. The van der Waals surface area contributed by atoms with Crippen molar-refractivity contribution in [3.8, 4) is 11.5 Å². The van der Waals surface area contributed by atoms with E-state index >= 15 is 0 Å². The third-order valence-electron chi connectivity index (χ3n) is 5.55. The maximum absolute atomic E-state index is 12.2. The molecule has 2 aromatic carbocycles. The van der Waals surface area contributed by atoms with Crippen LogP contribution in [0.4, 0.5) is 0 Å². The van der Waals surface area contributed by atoms with Crippen molar-refractivity contribution in [1.82, 2.24) is 4.90 Å². The standard InChI is InChI=1S/C25H29NO3/c1-25(2)18-23(27)22-10-9-21(17-24(22)29-25)28-16-6-13-26-14-11-20(12-15-26)19-7-4-3-5-8-19/h3-5,7-11,17H,6,12-16,18H2,1-2H3. The Balaban J connectivity index is 1.25. The van der Waals surface area contributed by atoms with Gasteiger partial charge in [-0.2, -0.15) is 0 Å². The number of Topliss-reactive ketones (excluding diaryl/α,β-unsaturated/α-hetero) is 1. The fraction of sp³-hybridized carbons (Fsp3) is 0.400. The Hall–Kier alpha value is -2.59. The van der Waals surface area contributed by atoms with Gasteiger partial charge in [0, 0.05) is 25.7 Å². The van der Waals surface area contributed by atoms with Gasteiger partial charge in [0.2, 0.25) is 0 Å². The van der Waals surface area contributed by atoms with E-state index in [0.29, 0.717) is 24.3 Å². The lowest BCUT2D eigenvalue weighted by atomic mass is 9.93. The van der Waals surface area contributed by atoms with Crippen LogP contribution < -0.4 is 9.47 Å². The van der Waals surface area contributed by atoms with Crippen LogP contribution in [0.1, 0.15) is 49.0 Å². The predicted octanol–water partition coefficient (Wildman–Crippen LogP) is 4.99. The summed E-state index contributed by atoms with van der Waals surface area (Å²) >= 11 is 0. The molecule has 2 aliphatic heterocycles. The van der Waals surface area contributed by atoms with Crippen molar-refractivity contribution in [1.29, 1.82) is 0 Å². The van der Waals surface area contributed by atoms with Crippen LogP contribution in [0.3, 0.4) is 0 Å². The molecule has 4 rings (SSSR count). The molecule has 0 radical (unpaired) electrons. The van der Waals surface area contributed by atoms with E-state index < -0.39 is 5.60 Å². The van der Waals surface area contributed by atoms with Gasteiger partial charge in [-0.1, -0.05) is 36.4 Å². The second-order valence-electron chi connectivity index (χ2n) is 8.47. The molecule has 0 spiro atoms. The largest absolute Gasteiger partial charge is 0.493 e. The number of rotatable bonds is 6. The normalized spacial score (nSPS) is 18.6. The Morgan fingerprint density at radius 3 is 2.72 bits per heavy atom. The number of nitrogens with zero attached hydrogens (tertiary/aromatic N) is 1. The molecule has 0 saturated heterocycles. The summed E-state index contributed by atoms with van der Waals surface area (Å²) in [5, 5.41) is 0. The van der Waals surface area contributed by atoms with E-state index in [2.05, 4.69) is 41.3 Å². The number of hydrogen-bond acceptors (Lipinski definition) is 4. The highest BCUT2D eigenvalue weighted by atomic mass is 16.5. The first-order valence-electron chi connectivity index (χ1n) is 10.5. The van der Waals surface area contributed by atoms with Crippen molar-refractivity contribution in [3.05, 3.63) is 65.7 Å². The minimum Gasteiger partial charge on any atom is -0.493 e. The second-order valence-corrected chi connectivity index (χ2v) is 8.47. The first-order valence-corrected chi connectivity index (χ1v) is 10.5. The maximum Gasteiger partial charge on any atom is 0.170 e. The third-order valence-corrected chi connectivity index (χ3v) is 5.55. The summed E-state index contributed by atoms with van der Waals surface area (Å²) in [6, 6.07) is 16.2. The molecule has 0 bridgehead atoms. The van der Waals surface area contributed by atoms with Gasteiger partial charge in [-0.3, -0.25) is 9.69 Å². The Bertz CT molecular complexity index is 902. The molecule has 0 aromatic heterocycles. The Kier molecular flexibility index (Phi) is 5.72. The summed E-state index contributed by atoms with van der Waals surface area (Å²) in [4.78, 5) is 14.7. The molecule has 0 N–H and O–H groups in total. The van der Waals surface area contributed by atoms with Crippen LogP contribution in [0.5, 0.6) is 11.5 Å². The van der Waals surface area contributed by atoms with Crippen molar-refractivity contribution in [2.24, 2.45) is 0 Å². The van der Waals surface area contributed by atoms with Crippen LogP contribution in [0.15, 0.2) is 54.6 Å². The molecule has 152 valence electrons. The number of hydrogen-bond donors (Lipinski definition) is 0. The van der Waals surface area contributed by atoms with Gasteiger partial charge < -0.3 is 9.47 Å². The smallest absolute Gasteiger partial charge is 0.170 e. The highest BCUT2D eigenvalue weighted by Crippen LogP contribution is 2.35.